The Hall–Kier alpha value is -0.360. The van der Waals surface area contributed by atoms with Crippen LogP contribution in [0.1, 0.15) is 33.6 Å². The van der Waals surface area contributed by atoms with Gasteiger partial charge >= 0.3 is 0 Å². The summed E-state index contributed by atoms with van der Waals surface area (Å²) >= 11 is 2.24. The number of anilines is 1. The quantitative estimate of drug-likeness (QED) is 0.808. The molecule has 1 saturated heterocycles. The Morgan fingerprint density at radius 3 is 2.79 bits per heavy atom. The van der Waals surface area contributed by atoms with Gasteiger partial charge in [-0.15, -0.1) is 0 Å². The molecule has 1 aromatic rings. The topological polar surface area (TPSA) is 15.3 Å². The summed E-state index contributed by atoms with van der Waals surface area (Å²) in [4.78, 5) is 2.45. The maximum Gasteiger partial charge on any atom is 0.124 e. The average molecular weight is 376 g/mol. The highest BCUT2D eigenvalue weighted by molar-refractivity contribution is 14.1. The van der Waals surface area contributed by atoms with E-state index < -0.39 is 0 Å². The van der Waals surface area contributed by atoms with Crippen molar-refractivity contribution >= 4 is 28.3 Å². The minimum absolute atomic E-state index is 0.142. The van der Waals surface area contributed by atoms with E-state index in [1.807, 2.05) is 6.07 Å². The van der Waals surface area contributed by atoms with Gasteiger partial charge in [-0.25, -0.2) is 4.39 Å². The van der Waals surface area contributed by atoms with Crippen LogP contribution in [0.4, 0.5) is 10.1 Å². The van der Waals surface area contributed by atoms with Gasteiger partial charge in [0.1, 0.15) is 5.82 Å². The van der Waals surface area contributed by atoms with Gasteiger partial charge in [-0.2, -0.15) is 0 Å². The molecule has 4 heteroatoms. The van der Waals surface area contributed by atoms with E-state index >= 15 is 0 Å². The second kappa shape index (κ2) is 5.95. The van der Waals surface area contributed by atoms with Crippen molar-refractivity contribution in [3.8, 4) is 0 Å². The van der Waals surface area contributed by atoms with Crippen molar-refractivity contribution in [1.82, 2.24) is 5.32 Å². The fraction of sp³-hybridized carbons (Fsp3) is 0.600. The zero-order valence-electron chi connectivity index (χ0n) is 11.8. The summed E-state index contributed by atoms with van der Waals surface area (Å²) in [7, 11) is 0. The van der Waals surface area contributed by atoms with Gasteiger partial charge in [0.25, 0.3) is 0 Å². The number of piperazine rings is 1. The summed E-state index contributed by atoms with van der Waals surface area (Å²) < 4.78 is 14.3. The molecule has 0 amide bonds. The van der Waals surface area contributed by atoms with Crippen LogP contribution < -0.4 is 10.2 Å². The number of hydrogen-bond donors (Lipinski definition) is 1. The molecule has 1 N–H and O–H groups in total. The van der Waals surface area contributed by atoms with Gasteiger partial charge in [-0.3, -0.25) is 0 Å². The number of halogens is 2. The molecule has 2 atom stereocenters. The van der Waals surface area contributed by atoms with Crippen molar-refractivity contribution in [1.29, 1.82) is 0 Å². The first-order chi connectivity index (χ1) is 8.99. The molecule has 1 aliphatic rings. The lowest BCUT2D eigenvalue weighted by atomic mass is 9.92. The molecule has 1 aliphatic heterocycles. The van der Waals surface area contributed by atoms with Crippen molar-refractivity contribution in [3.05, 3.63) is 27.6 Å². The highest BCUT2D eigenvalue weighted by Crippen LogP contribution is 2.30. The predicted octanol–water partition coefficient (Wildman–Crippen LogP) is 3.79. The van der Waals surface area contributed by atoms with E-state index in [4.69, 9.17) is 0 Å². The summed E-state index contributed by atoms with van der Waals surface area (Å²) in [6, 6.07) is 5.59. The highest BCUT2D eigenvalue weighted by atomic mass is 127. The lowest BCUT2D eigenvalue weighted by Crippen LogP contribution is -2.63. The first kappa shape index (κ1) is 15.0. The lowest BCUT2D eigenvalue weighted by molar-refractivity contribution is 0.276. The van der Waals surface area contributed by atoms with E-state index in [0.717, 1.165) is 35.2 Å². The summed E-state index contributed by atoms with van der Waals surface area (Å²) in [5, 5.41) is 3.66. The van der Waals surface area contributed by atoms with Crippen LogP contribution in [0.2, 0.25) is 0 Å². The maximum atomic E-state index is 13.3. The number of nitrogens with one attached hydrogen (secondary N) is 1. The summed E-state index contributed by atoms with van der Waals surface area (Å²) in [6.45, 7) is 8.66. The lowest BCUT2D eigenvalue weighted by Gasteiger charge is -2.47. The van der Waals surface area contributed by atoms with Crippen LogP contribution >= 0.6 is 22.6 Å². The standard InChI is InChI=1S/C15H22FIN2/c1-4-12-9-18-15(3,5-2)10-19(12)14-7-6-11(16)8-13(14)17/h6-8,12,18H,4-5,9-10H2,1-3H3. The first-order valence-corrected chi connectivity index (χ1v) is 8.03. The Kier molecular flexibility index (Phi) is 4.71. The molecule has 0 aromatic heterocycles. The second-order valence-electron chi connectivity index (χ2n) is 5.58. The molecule has 106 valence electrons. The number of benzene rings is 1. The Balaban J connectivity index is 2.32. The third kappa shape index (κ3) is 3.21. The van der Waals surface area contributed by atoms with Crippen molar-refractivity contribution in [3.63, 3.8) is 0 Å². The molecule has 1 heterocycles. The van der Waals surface area contributed by atoms with Gasteiger partial charge < -0.3 is 10.2 Å². The Morgan fingerprint density at radius 1 is 1.47 bits per heavy atom. The van der Waals surface area contributed by atoms with Crippen molar-refractivity contribution < 1.29 is 4.39 Å². The molecule has 2 nitrogen and oxygen atoms in total. The van der Waals surface area contributed by atoms with Crippen molar-refractivity contribution in [2.75, 3.05) is 18.0 Å². The normalized spacial score (nSPS) is 27.6. The molecule has 1 aromatic carbocycles. The monoisotopic (exact) mass is 376 g/mol. The van der Waals surface area contributed by atoms with Crippen molar-refractivity contribution in [2.24, 2.45) is 0 Å². The largest absolute Gasteiger partial charge is 0.365 e. The van der Waals surface area contributed by atoms with Crippen LogP contribution in [0.3, 0.4) is 0 Å². The molecule has 0 bridgehead atoms. The predicted molar refractivity (Wildman–Crippen MR) is 87.2 cm³/mol. The van der Waals surface area contributed by atoms with Crippen LogP contribution in [0.25, 0.3) is 0 Å². The second-order valence-corrected chi connectivity index (χ2v) is 6.74. The molecule has 19 heavy (non-hydrogen) atoms. The number of rotatable bonds is 3. The van der Waals surface area contributed by atoms with Gasteiger partial charge in [-0.05, 0) is 60.6 Å². The van der Waals surface area contributed by atoms with Gasteiger partial charge in [0.15, 0.2) is 0 Å². The smallest absolute Gasteiger partial charge is 0.124 e. The van der Waals surface area contributed by atoms with E-state index in [9.17, 15) is 4.39 Å². The summed E-state index contributed by atoms with van der Waals surface area (Å²) in [5.74, 6) is -0.158. The Morgan fingerprint density at radius 2 is 2.21 bits per heavy atom. The third-order valence-corrected chi connectivity index (χ3v) is 5.06. The zero-order chi connectivity index (χ0) is 14.0. The SMILES string of the molecule is CCC1CNC(C)(CC)CN1c1ccc(F)cc1I. The molecule has 2 unspecified atom stereocenters. The van der Waals surface area contributed by atoms with E-state index in [1.165, 1.54) is 0 Å². The molecular formula is C15H22FIN2. The maximum absolute atomic E-state index is 13.3. The van der Waals surface area contributed by atoms with Crippen molar-refractivity contribution in [2.45, 2.75) is 45.2 Å². The first-order valence-electron chi connectivity index (χ1n) is 6.96. The summed E-state index contributed by atoms with van der Waals surface area (Å²) in [6.07, 6.45) is 2.19. The Bertz CT molecular complexity index is 452. The van der Waals surface area contributed by atoms with Crippen LogP contribution in [0.5, 0.6) is 0 Å². The fourth-order valence-corrected chi connectivity index (χ4v) is 3.42. The van der Waals surface area contributed by atoms with E-state index in [1.54, 1.807) is 12.1 Å². The van der Waals surface area contributed by atoms with E-state index in [0.29, 0.717) is 6.04 Å². The minimum Gasteiger partial charge on any atom is -0.365 e. The number of nitrogens with zero attached hydrogens (tertiary/aromatic N) is 1. The van der Waals surface area contributed by atoms with Gasteiger partial charge in [0.05, 0.1) is 5.69 Å². The molecule has 2 rings (SSSR count). The Labute approximate surface area is 128 Å². The zero-order valence-corrected chi connectivity index (χ0v) is 14.0. The van der Waals surface area contributed by atoms with Gasteiger partial charge in [0.2, 0.25) is 0 Å². The minimum atomic E-state index is -0.158. The van der Waals surface area contributed by atoms with Crippen LogP contribution in [-0.4, -0.2) is 24.7 Å². The summed E-state index contributed by atoms with van der Waals surface area (Å²) in [5.41, 5.74) is 1.30. The molecule has 0 saturated carbocycles. The average Bonchev–Trinajstić information content (AvgIpc) is 2.39. The molecule has 0 aliphatic carbocycles. The van der Waals surface area contributed by atoms with E-state index in [-0.39, 0.29) is 11.4 Å². The molecule has 0 radical (unpaired) electrons. The fourth-order valence-electron chi connectivity index (χ4n) is 2.63. The highest BCUT2D eigenvalue weighted by Gasteiger charge is 2.34. The molecule has 0 spiro atoms. The molecule has 1 fully saturated rings. The van der Waals surface area contributed by atoms with Crippen LogP contribution in [0, 0.1) is 9.39 Å². The number of hydrogen-bond acceptors (Lipinski definition) is 2. The van der Waals surface area contributed by atoms with Crippen LogP contribution in [0.15, 0.2) is 18.2 Å². The van der Waals surface area contributed by atoms with Gasteiger partial charge in [0, 0.05) is 28.2 Å². The van der Waals surface area contributed by atoms with Gasteiger partial charge in [-0.1, -0.05) is 13.8 Å². The molecular weight excluding hydrogens is 354 g/mol. The third-order valence-electron chi connectivity index (χ3n) is 4.20. The van der Waals surface area contributed by atoms with Crippen LogP contribution in [-0.2, 0) is 0 Å². The van der Waals surface area contributed by atoms with E-state index in [2.05, 4.69) is 53.6 Å².